The lowest BCUT2D eigenvalue weighted by Gasteiger charge is -2.14. The second kappa shape index (κ2) is 5.61. The maximum atomic E-state index is 11.3. The van der Waals surface area contributed by atoms with E-state index in [-0.39, 0.29) is 5.97 Å². The van der Waals surface area contributed by atoms with Gasteiger partial charge in [-0.1, -0.05) is 23.7 Å². The Hall–Kier alpha value is -1.22. The highest BCUT2D eigenvalue weighted by Gasteiger charge is 2.14. The van der Waals surface area contributed by atoms with Gasteiger partial charge in [-0.05, 0) is 26.0 Å². The predicted octanol–water partition coefficient (Wildman–Crippen LogP) is 2.70. The summed E-state index contributed by atoms with van der Waals surface area (Å²) < 4.78 is 4.87. The van der Waals surface area contributed by atoms with Crippen molar-refractivity contribution in [3.05, 3.63) is 29.3 Å². The second-order valence-corrected chi connectivity index (χ2v) is 3.51. The van der Waals surface area contributed by atoms with Gasteiger partial charge in [0, 0.05) is 0 Å². The van der Waals surface area contributed by atoms with Gasteiger partial charge in [-0.25, -0.2) is 4.79 Å². The average molecular weight is 228 g/mol. The van der Waals surface area contributed by atoms with Crippen LogP contribution in [-0.4, -0.2) is 18.6 Å². The Balaban J connectivity index is 2.62. The Morgan fingerprint density at radius 1 is 1.53 bits per heavy atom. The molecule has 4 heteroatoms. The van der Waals surface area contributed by atoms with Gasteiger partial charge in [-0.3, -0.25) is 0 Å². The number of benzene rings is 1. The molecule has 82 valence electrons. The molecule has 0 aliphatic heterocycles. The average Bonchev–Trinajstić information content (AvgIpc) is 2.21. The summed E-state index contributed by atoms with van der Waals surface area (Å²) in [5, 5.41) is 3.58. The normalized spacial score (nSPS) is 11.9. The minimum absolute atomic E-state index is 0.280. The van der Waals surface area contributed by atoms with Gasteiger partial charge < -0.3 is 10.1 Å². The topological polar surface area (TPSA) is 38.3 Å². The highest BCUT2D eigenvalue weighted by molar-refractivity contribution is 6.33. The van der Waals surface area contributed by atoms with Crippen molar-refractivity contribution in [3.63, 3.8) is 0 Å². The lowest BCUT2D eigenvalue weighted by Crippen LogP contribution is -2.28. The van der Waals surface area contributed by atoms with Crippen molar-refractivity contribution in [1.82, 2.24) is 0 Å². The molecule has 0 heterocycles. The molecule has 0 saturated carbocycles. The predicted molar refractivity (Wildman–Crippen MR) is 61.2 cm³/mol. The van der Waals surface area contributed by atoms with Crippen LogP contribution in [0.1, 0.15) is 13.8 Å². The van der Waals surface area contributed by atoms with Crippen LogP contribution in [0.5, 0.6) is 0 Å². The third kappa shape index (κ3) is 3.44. The quantitative estimate of drug-likeness (QED) is 0.804. The van der Waals surface area contributed by atoms with Crippen molar-refractivity contribution in [2.45, 2.75) is 19.9 Å². The number of carbonyl (C=O) groups is 1. The molecule has 0 aromatic heterocycles. The minimum atomic E-state index is -0.398. The van der Waals surface area contributed by atoms with Crippen molar-refractivity contribution in [1.29, 1.82) is 0 Å². The Bertz CT molecular complexity index is 341. The van der Waals surface area contributed by atoms with E-state index in [1.165, 1.54) is 0 Å². The first-order valence-corrected chi connectivity index (χ1v) is 5.20. The van der Waals surface area contributed by atoms with E-state index in [1.54, 1.807) is 19.9 Å². The molecule has 0 bridgehead atoms. The molecule has 1 atom stereocenters. The fourth-order valence-corrected chi connectivity index (χ4v) is 1.33. The van der Waals surface area contributed by atoms with Crippen molar-refractivity contribution < 1.29 is 9.53 Å². The molecule has 0 amide bonds. The number of ether oxygens (including phenoxy) is 1. The maximum absolute atomic E-state index is 11.3. The fraction of sp³-hybridized carbons (Fsp3) is 0.364. The first kappa shape index (κ1) is 11.9. The highest BCUT2D eigenvalue weighted by Crippen LogP contribution is 2.21. The van der Waals surface area contributed by atoms with Crippen LogP contribution in [0, 0.1) is 0 Å². The van der Waals surface area contributed by atoms with Crippen LogP contribution in [0.4, 0.5) is 5.69 Å². The summed E-state index contributed by atoms with van der Waals surface area (Å²) >= 11 is 5.94. The van der Waals surface area contributed by atoms with Crippen LogP contribution in [0.2, 0.25) is 5.02 Å². The Labute approximate surface area is 94.4 Å². The zero-order chi connectivity index (χ0) is 11.3. The summed E-state index contributed by atoms with van der Waals surface area (Å²) in [6, 6.07) is 6.87. The molecule has 0 saturated heterocycles. The molecule has 0 aliphatic carbocycles. The van der Waals surface area contributed by atoms with E-state index < -0.39 is 6.04 Å². The smallest absolute Gasteiger partial charge is 0.328 e. The number of esters is 1. The van der Waals surface area contributed by atoms with E-state index in [4.69, 9.17) is 16.3 Å². The summed E-state index contributed by atoms with van der Waals surface area (Å²) in [7, 11) is 0. The lowest BCUT2D eigenvalue weighted by atomic mass is 10.2. The molecular weight excluding hydrogens is 214 g/mol. The van der Waals surface area contributed by atoms with E-state index in [0.29, 0.717) is 11.6 Å². The zero-order valence-electron chi connectivity index (χ0n) is 8.79. The van der Waals surface area contributed by atoms with E-state index >= 15 is 0 Å². The van der Waals surface area contributed by atoms with Gasteiger partial charge in [-0.2, -0.15) is 0 Å². The van der Waals surface area contributed by atoms with Gasteiger partial charge in [0.2, 0.25) is 0 Å². The number of carbonyl (C=O) groups excluding carboxylic acids is 1. The molecule has 1 N–H and O–H groups in total. The molecule has 0 unspecified atom stereocenters. The van der Waals surface area contributed by atoms with E-state index in [2.05, 4.69) is 5.32 Å². The van der Waals surface area contributed by atoms with Crippen LogP contribution in [0.3, 0.4) is 0 Å². The first-order chi connectivity index (χ1) is 7.15. The van der Waals surface area contributed by atoms with Crippen LogP contribution >= 0.6 is 11.6 Å². The molecule has 3 nitrogen and oxygen atoms in total. The Kier molecular flexibility index (Phi) is 4.43. The first-order valence-electron chi connectivity index (χ1n) is 4.83. The van der Waals surface area contributed by atoms with E-state index in [1.807, 2.05) is 18.2 Å². The Morgan fingerprint density at radius 2 is 2.20 bits per heavy atom. The van der Waals surface area contributed by atoms with Gasteiger partial charge in [0.05, 0.1) is 17.3 Å². The minimum Gasteiger partial charge on any atom is -0.464 e. The number of hydrogen-bond donors (Lipinski definition) is 1. The van der Waals surface area contributed by atoms with Crippen molar-refractivity contribution in [2.24, 2.45) is 0 Å². The van der Waals surface area contributed by atoms with Gasteiger partial charge >= 0.3 is 5.97 Å². The molecular formula is C11H14ClNO2. The SMILES string of the molecule is CCOC(=O)[C@H](C)Nc1ccccc1Cl. The molecule has 0 radical (unpaired) electrons. The summed E-state index contributed by atoms with van der Waals surface area (Å²) in [5.74, 6) is -0.280. The van der Waals surface area contributed by atoms with Gasteiger partial charge in [0.15, 0.2) is 0 Å². The van der Waals surface area contributed by atoms with Crippen molar-refractivity contribution in [2.75, 3.05) is 11.9 Å². The third-order valence-corrected chi connectivity index (χ3v) is 2.22. The molecule has 1 rings (SSSR count). The molecule has 15 heavy (non-hydrogen) atoms. The Morgan fingerprint density at radius 3 is 2.80 bits per heavy atom. The molecule has 0 spiro atoms. The van der Waals surface area contributed by atoms with Gasteiger partial charge in [0.1, 0.15) is 6.04 Å². The molecule has 1 aromatic rings. The number of halogens is 1. The maximum Gasteiger partial charge on any atom is 0.328 e. The summed E-state index contributed by atoms with van der Waals surface area (Å²) in [4.78, 5) is 11.3. The van der Waals surface area contributed by atoms with Crippen LogP contribution < -0.4 is 5.32 Å². The van der Waals surface area contributed by atoms with E-state index in [9.17, 15) is 4.79 Å². The van der Waals surface area contributed by atoms with Crippen LogP contribution in [0.15, 0.2) is 24.3 Å². The van der Waals surface area contributed by atoms with Crippen LogP contribution in [0.25, 0.3) is 0 Å². The summed E-state index contributed by atoms with van der Waals surface area (Å²) in [5.41, 5.74) is 0.736. The van der Waals surface area contributed by atoms with Crippen molar-refractivity contribution >= 4 is 23.3 Å². The number of hydrogen-bond acceptors (Lipinski definition) is 3. The van der Waals surface area contributed by atoms with Crippen LogP contribution in [-0.2, 0) is 9.53 Å². The lowest BCUT2D eigenvalue weighted by molar-refractivity contribution is -0.143. The van der Waals surface area contributed by atoms with Gasteiger partial charge in [-0.15, -0.1) is 0 Å². The largest absolute Gasteiger partial charge is 0.464 e. The zero-order valence-corrected chi connectivity index (χ0v) is 9.54. The standard InChI is InChI=1S/C11H14ClNO2/c1-3-15-11(14)8(2)13-10-7-5-4-6-9(10)12/h4-8,13H,3H2,1-2H3/t8-/m0/s1. The molecule has 0 aliphatic rings. The number of rotatable bonds is 4. The number of nitrogens with one attached hydrogen (secondary N) is 1. The third-order valence-electron chi connectivity index (χ3n) is 1.89. The summed E-state index contributed by atoms with van der Waals surface area (Å²) in [6.07, 6.45) is 0. The van der Waals surface area contributed by atoms with E-state index in [0.717, 1.165) is 5.69 Å². The second-order valence-electron chi connectivity index (χ2n) is 3.10. The number of anilines is 1. The molecule has 0 fully saturated rings. The van der Waals surface area contributed by atoms with Crippen molar-refractivity contribution in [3.8, 4) is 0 Å². The monoisotopic (exact) mass is 227 g/mol. The highest BCUT2D eigenvalue weighted by atomic mass is 35.5. The number of para-hydroxylation sites is 1. The fourth-order valence-electron chi connectivity index (χ4n) is 1.14. The summed E-state index contributed by atoms with van der Waals surface area (Å²) in [6.45, 7) is 3.90. The van der Waals surface area contributed by atoms with Gasteiger partial charge in [0.25, 0.3) is 0 Å². The molecule has 1 aromatic carbocycles.